The highest BCUT2D eigenvalue weighted by Gasteiger charge is 2.21. The molecule has 0 amide bonds. The Kier molecular flexibility index (Phi) is 3.88. The Morgan fingerprint density at radius 1 is 1.47 bits per heavy atom. The number of aromatic nitrogens is 2. The highest BCUT2D eigenvalue weighted by molar-refractivity contribution is 9.10. The van der Waals surface area contributed by atoms with Gasteiger partial charge in [-0.2, -0.15) is 13.5 Å². The van der Waals surface area contributed by atoms with Gasteiger partial charge >= 0.3 is 0 Å². The Morgan fingerprint density at radius 2 is 2.21 bits per heavy atom. The average Bonchev–Trinajstić information content (AvgIpc) is 2.82. The smallest absolute Gasteiger partial charge is 0.279 e. The van der Waals surface area contributed by atoms with Crippen molar-refractivity contribution in [2.75, 3.05) is 4.72 Å². The molecule has 0 bridgehead atoms. The summed E-state index contributed by atoms with van der Waals surface area (Å²) < 4.78 is 40.4. The van der Waals surface area contributed by atoms with Crippen molar-refractivity contribution in [3.8, 4) is 0 Å². The topological polar surface area (TPSA) is 101 Å². The molecule has 102 valence electrons. The molecule has 0 unspecified atom stereocenters. The third-order valence-electron chi connectivity index (χ3n) is 2.34. The van der Waals surface area contributed by atoms with Gasteiger partial charge in [-0.3, -0.25) is 9.82 Å². The first-order valence-corrected chi connectivity index (χ1v) is 7.42. The summed E-state index contributed by atoms with van der Waals surface area (Å²) in [4.78, 5) is 0. The second-order valence-electron chi connectivity index (χ2n) is 3.66. The van der Waals surface area contributed by atoms with Crippen molar-refractivity contribution in [2.45, 2.75) is 11.6 Å². The second kappa shape index (κ2) is 5.27. The molecule has 0 spiro atoms. The molecular formula is C10H10BrFN4O2S. The molecule has 1 heterocycles. The molecular weight excluding hydrogens is 339 g/mol. The van der Waals surface area contributed by atoms with E-state index in [2.05, 4.69) is 30.8 Å². The number of nitrogens with two attached hydrogens (primary N) is 1. The maximum absolute atomic E-state index is 13.5. The Morgan fingerprint density at radius 3 is 2.89 bits per heavy atom. The van der Waals surface area contributed by atoms with Crippen molar-refractivity contribution in [3.05, 3.63) is 40.2 Å². The van der Waals surface area contributed by atoms with Gasteiger partial charge in [-0.1, -0.05) is 15.9 Å². The van der Waals surface area contributed by atoms with E-state index < -0.39 is 15.8 Å². The van der Waals surface area contributed by atoms with Crippen LogP contribution in [0.2, 0.25) is 0 Å². The van der Waals surface area contributed by atoms with E-state index in [1.807, 2.05) is 0 Å². The van der Waals surface area contributed by atoms with Crippen molar-refractivity contribution < 1.29 is 12.8 Å². The number of H-pyrrole nitrogens is 1. The molecule has 19 heavy (non-hydrogen) atoms. The Balaban J connectivity index is 2.39. The molecule has 2 rings (SSSR count). The summed E-state index contributed by atoms with van der Waals surface area (Å²) >= 11 is 3.14. The van der Waals surface area contributed by atoms with E-state index >= 15 is 0 Å². The fraction of sp³-hybridized carbons (Fsp3) is 0.100. The van der Waals surface area contributed by atoms with E-state index in [-0.39, 0.29) is 17.3 Å². The molecule has 0 saturated heterocycles. The zero-order chi connectivity index (χ0) is 14.0. The van der Waals surface area contributed by atoms with Crippen LogP contribution in [0.4, 0.5) is 10.1 Å². The lowest BCUT2D eigenvalue weighted by Crippen LogP contribution is -2.17. The van der Waals surface area contributed by atoms with E-state index in [9.17, 15) is 12.8 Å². The van der Waals surface area contributed by atoms with E-state index in [1.54, 1.807) is 0 Å². The van der Waals surface area contributed by atoms with Gasteiger partial charge in [0.05, 0.1) is 11.9 Å². The quantitative estimate of drug-likeness (QED) is 0.780. The summed E-state index contributed by atoms with van der Waals surface area (Å²) in [5, 5.41) is 5.78. The van der Waals surface area contributed by atoms with Gasteiger partial charge in [0.25, 0.3) is 10.0 Å². The van der Waals surface area contributed by atoms with Gasteiger partial charge in [-0.15, -0.1) is 0 Å². The molecule has 0 radical (unpaired) electrons. The van der Waals surface area contributed by atoms with E-state index in [4.69, 9.17) is 5.73 Å². The summed E-state index contributed by atoms with van der Waals surface area (Å²) in [7, 11) is -3.96. The van der Waals surface area contributed by atoms with E-state index in [0.29, 0.717) is 10.0 Å². The van der Waals surface area contributed by atoms with Crippen LogP contribution in [0.3, 0.4) is 0 Å². The lowest BCUT2D eigenvalue weighted by molar-refractivity contribution is 0.593. The highest BCUT2D eigenvalue weighted by atomic mass is 79.9. The largest absolute Gasteiger partial charge is 0.326 e. The van der Waals surface area contributed by atoms with Crippen LogP contribution in [-0.4, -0.2) is 18.6 Å². The van der Waals surface area contributed by atoms with Crippen LogP contribution < -0.4 is 10.5 Å². The van der Waals surface area contributed by atoms with Crippen molar-refractivity contribution in [2.24, 2.45) is 5.73 Å². The molecule has 6 nitrogen and oxygen atoms in total. The Bertz CT molecular complexity index is 701. The third-order valence-corrected chi connectivity index (χ3v) is 4.21. The molecule has 0 atom stereocenters. The number of sulfonamides is 1. The number of aromatic amines is 1. The minimum Gasteiger partial charge on any atom is -0.326 e. The molecule has 4 N–H and O–H groups in total. The maximum Gasteiger partial charge on any atom is 0.279 e. The first-order chi connectivity index (χ1) is 8.94. The van der Waals surface area contributed by atoms with Crippen LogP contribution in [-0.2, 0) is 16.6 Å². The zero-order valence-electron chi connectivity index (χ0n) is 9.52. The molecule has 9 heteroatoms. The first-order valence-electron chi connectivity index (χ1n) is 5.14. The number of hydrogen-bond donors (Lipinski definition) is 3. The molecule has 0 saturated carbocycles. The summed E-state index contributed by atoms with van der Waals surface area (Å²) in [5.74, 6) is -0.680. The SMILES string of the molecule is NCc1cn[nH]c1S(=O)(=O)Nc1cc(Br)ccc1F. The van der Waals surface area contributed by atoms with Gasteiger partial charge < -0.3 is 5.73 Å². The summed E-state index contributed by atoms with van der Waals surface area (Å²) in [6, 6.07) is 3.94. The number of hydrogen-bond acceptors (Lipinski definition) is 4. The van der Waals surface area contributed by atoms with Gasteiger partial charge in [0.2, 0.25) is 0 Å². The fourth-order valence-electron chi connectivity index (χ4n) is 1.45. The first kappa shape index (κ1) is 14.0. The van der Waals surface area contributed by atoms with Crippen molar-refractivity contribution >= 4 is 31.6 Å². The fourth-order valence-corrected chi connectivity index (χ4v) is 3.01. The van der Waals surface area contributed by atoms with Crippen LogP contribution in [0.1, 0.15) is 5.56 Å². The lowest BCUT2D eigenvalue weighted by Gasteiger charge is -2.09. The molecule has 0 aliphatic rings. The minimum absolute atomic E-state index is 0.00765. The lowest BCUT2D eigenvalue weighted by atomic mass is 10.3. The third kappa shape index (κ3) is 2.94. The number of rotatable bonds is 4. The van der Waals surface area contributed by atoms with Crippen molar-refractivity contribution in [3.63, 3.8) is 0 Å². The van der Waals surface area contributed by atoms with Crippen molar-refractivity contribution in [1.29, 1.82) is 0 Å². The van der Waals surface area contributed by atoms with Crippen LogP contribution in [0.25, 0.3) is 0 Å². The summed E-state index contributed by atoms with van der Waals surface area (Å²) in [5.41, 5.74) is 5.57. The number of halogens is 2. The summed E-state index contributed by atoms with van der Waals surface area (Å²) in [6.45, 7) is 0.00765. The van der Waals surface area contributed by atoms with Crippen LogP contribution >= 0.6 is 15.9 Å². The second-order valence-corrected chi connectivity index (χ2v) is 6.19. The molecule has 0 aliphatic heterocycles. The van der Waals surface area contributed by atoms with E-state index in [0.717, 1.165) is 6.07 Å². The van der Waals surface area contributed by atoms with Crippen molar-refractivity contribution in [1.82, 2.24) is 10.2 Å². The molecule has 1 aromatic carbocycles. The van der Waals surface area contributed by atoms with Crippen LogP contribution in [0, 0.1) is 5.82 Å². The standard InChI is InChI=1S/C10H10BrFN4O2S/c11-7-1-2-8(12)9(3-7)16-19(17,18)10-6(4-13)5-14-15-10/h1-3,5,16H,4,13H2,(H,14,15). The molecule has 1 aromatic heterocycles. The van der Waals surface area contributed by atoms with Gasteiger partial charge in [-0.25, -0.2) is 4.39 Å². The minimum atomic E-state index is -3.96. The number of anilines is 1. The predicted octanol–water partition coefficient (Wildman–Crippen LogP) is 1.57. The van der Waals surface area contributed by atoms with Crippen LogP contribution in [0.5, 0.6) is 0 Å². The van der Waals surface area contributed by atoms with Gasteiger partial charge in [0.15, 0.2) is 5.03 Å². The van der Waals surface area contributed by atoms with Gasteiger partial charge in [0.1, 0.15) is 5.82 Å². The number of benzene rings is 1. The molecule has 2 aromatic rings. The summed E-state index contributed by atoms with van der Waals surface area (Å²) in [6.07, 6.45) is 1.31. The molecule has 0 fully saturated rings. The maximum atomic E-state index is 13.5. The van der Waals surface area contributed by atoms with Crippen LogP contribution in [0.15, 0.2) is 33.9 Å². The predicted molar refractivity (Wildman–Crippen MR) is 71.4 cm³/mol. The number of nitrogens with zero attached hydrogens (tertiary/aromatic N) is 1. The number of nitrogens with one attached hydrogen (secondary N) is 2. The average molecular weight is 349 g/mol. The highest BCUT2D eigenvalue weighted by Crippen LogP contribution is 2.23. The Labute approximate surface area is 117 Å². The van der Waals surface area contributed by atoms with Gasteiger partial charge in [0, 0.05) is 16.6 Å². The zero-order valence-corrected chi connectivity index (χ0v) is 11.9. The van der Waals surface area contributed by atoms with E-state index in [1.165, 1.54) is 18.3 Å². The van der Waals surface area contributed by atoms with Gasteiger partial charge in [-0.05, 0) is 18.2 Å². The molecule has 0 aliphatic carbocycles. The monoisotopic (exact) mass is 348 g/mol. The Hall–Kier alpha value is -1.45. The normalized spacial score (nSPS) is 11.5.